The molecular formula is C29H50O6. The van der Waals surface area contributed by atoms with Crippen molar-refractivity contribution in [3.05, 3.63) is 0 Å². The molecule has 0 amide bonds. The predicted molar refractivity (Wildman–Crippen MR) is 134 cm³/mol. The van der Waals surface area contributed by atoms with Gasteiger partial charge >= 0.3 is 5.97 Å². The number of hydrogen-bond acceptors (Lipinski definition) is 6. The zero-order chi connectivity index (χ0) is 25.9. The molecule has 6 nitrogen and oxygen atoms in total. The van der Waals surface area contributed by atoms with Gasteiger partial charge in [0.25, 0.3) is 0 Å². The Hall–Kier alpha value is -0.690. The van der Waals surface area contributed by atoms with Crippen LogP contribution in [0.25, 0.3) is 0 Å². The van der Waals surface area contributed by atoms with Gasteiger partial charge in [-0.15, -0.1) is 0 Å². The second kappa shape index (κ2) is 9.89. The first-order valence-corrected chi connectivity index (χ1v) is 14.3. The third kappa shape index (κ3) is 4.38. The molecule has 3 aliphatic carbocycles. The van der Waals surface area contributed by atoms with Crippen molar-refractivity contribution in [3.63, 3.8) is 0 Å². The standard InChI is InChI=1S/C29H50O6/c1-7-17(15(2)3)26(33)25(32)16(4)19-8-9-20-18-14-35-27(34)22-12-23(30)24(31)13-29(22,6)21(18)10-11-28(19,20)5/h15-26,30-33H,7-14H2,1-6H3/t16-,17-,18-,19+,20-,21-,22+,23+,24-,25+,26+,28+,29+/m0/s1. The van der Waals surface area contributed by atoms with Crippen LogP contribution in [0.5, 0.6) is 0 Å². The van der Waals surface area contributed by atoms with E-state index in [0.29, 0.717) is 30.8 Å². The van der Waals surface area contributed by atoms with E-state index >= 15 is 0 Å². The van der Waals surface area contributed by atoms with E-state index in [-0.39, 0.29) is 52.8 Å². The molecule has 0 unspecified atom stereocenters. The second-order valence-electron chi connectivity index (χ2n) is 13.5. The molecule has 1 saturated heterocycles. The molecular weight excluding hydrogens is 444 g/mol. The van der Waals surface area contributed by atoms with Gasteiger partial charge in [-0.05, 0) is 90.8 Å². The third-order valence-electron chi connectivity index (χ3n) is 11.7. The van der Waals surface area contributed by atoms with Gasteiger partial charge in [-0.25, -0.2) is 0 Å². The Balaban J connectivity index is 1.57. The summed E-state index contributed by atoms with van der Waals surface area (Å²) in [5.41, 5.74) is -0.348. The molecule has 35 heavy (non-hydrogen) atoms. The van der Waals surface area contributed by atoms with E-state index in [0.717, 1.165) is 32.1 Å². The van der Waals surface area contributed by atoms with E-state index < -0.39 is 24.4 Å². The molecule has 1 heterocycles. The van der Waals surface area contributed by atoms with Crippen molar-refractivity contribution in [1.29, 1.82) is 0 Å². The maximum absolute atomic E-state index is 13.0. The van der Waals surface area contributed by atoms with Gasteiger partial charge in [0.15, 0.2) is 0 Å². The minimum atomic E-state index is -0.867. The number of aliphatic hydroxyl groups excluding tert-OH is 4. The van der Waals surface area contributed by atoms with Crippen LogP contribution in [0, 0.1) is 58.2 Å². The van der Waals surface area contributed by atoms with Gasteiger partial charge in [-0.2, -0.15) is 0 Å². The topological polar surface area (TPSA) is 107 Å². The number of hydrogen-bond donors (Lipinski definition) is 4. The summed E-state index contributed by atoms with van der Waals surface area (Å²) in [6, 6.07) is 0. The van der Waals surface area contributed by atoms with Crippen molar-refractivity contribution >= 4 is 5.97 Å². The van der Waals surface area contributed by atoms with Crippen LogP contribution >= 0.6 is 0 Å². The monoisotopic (exact) mass is 494 g/mol. The van der Waals surface area contributed by atoms with Crippen molar-refractivity contribution in [2.45, 2.75) is 111 Å². The van der Waals surface area contributed by atoms with Gasteiger partial charge in [0.2, 0.25) is 0 Å². The van der Waals surface area contributed by atoms with Gasteiger partial charge in [0.05, 0.1) is 36.9 Å². The Bertz CT molecular complexity index is 770. The van der Waals surface area contributed by atoms with E-state index in [1.165, 1.54) is 0 Å². The minimum Gasteiger partial charge on any atom is -0.465 e. The molecule has 0 aromatic rings. The van der Waals surface area contributed by atoms with E-state index in [2.05, 4.69) is 41.5 Å². The van der Waals surface area contributed by atoms with Crippen LogP contribution in [-0.4, -0.2) is 57.4 Å². The third-order valence-corrected chi connectivity index (χ3v) is 11.7. The fourth-order valence-electron chi connectivity index (χ4n) is 9.60. The molecule has 6 heteroatoms. The number of fused-ring (bicyclic) bond motifs is 5. The van der Waals surface area contributed by atoms with Crippen LogP contribution in [-0.2, 0) is 9.53 Å². The average Bonchev–Trinajstić information content (AvgIpc) is 3.11. The highest BCUT2D eigenvalue weighted by Gasteiger charge is 2.63. The normalized spacial score (nSPS) is 47.1. The number of carbonyl (C=O) groups is 1. The second-order valence-corrected chi connectivity index (χ2v) is 13.5. The zero-order valence-corrected chi connectivity index (χ0v) is 22.7. The lowest BCUT2D eigenvalue weighted by Crippen LogP contribution is -2.55. The summed E-state index contributed by atoms with van der Waals surface area (Å²) in [6.07, 6.45) is 2.49. The maximum atomic E-state index is 13.0. The van der Waals surface area contributed by atoms with Crippen LogP contribution in [0.3, 0.4) is 0 Å². The quantitative estimate of drug-likeness (QED) is 0.419. The Kier molecular flexibility index (Phi) is 7.72. The molecule has 4 N–H and O–H groups in total. The Labute approximate surface area is 211 Å². The van der Waals surface area contributed by atoms with Gasteiger partial charge in [-0.3, -0.25) is 4.79 Å². The van der Waals surface area contributed by atoms with Gasteiger partial charge in [0, 0.05) is 0 Å². The van der Waals surface area contributed by atoms with Gasteiger partial charge in [0.1, 0.15) is 0 Å². The van der Waals surface area contributed by atoms with E-state index in [9.17, 15) is 25.2 Å². The average molecular weight is 495 g/mol. The van der Waals surface area contributed by atoms with Gasteiger partial charge < -0.3 is 25.2 Å². The lowest BCUT2D eigenvalue weighted by atomic mass is 9.48. The van der Waals surface area contributed by atoms with E-state index in [4.69, 9.17) is 4.74 Å². The van der Waals surface area contributed by atoms with Crippen LogP contribution < -0.4 is 0 Å². The molecule has 0 spiro atoms. The van der Waals surface area contributed by atoms with Crippen molar-refractivity contribution in [2.24, 2.45) is 58.2 Å². The summed E-state index contributed by atoms with van der Waals surface area (Å²) in [4.78, 5) is 13.0. The van der Waals surface area contributed by atoms with Crippen molar-refractivity contribution in [3.8, 4) is 0 Å². The number of cyclic esters (lactones) is 1. The molecule has 4 aliphatic rings. The summed E-state index contributed by atoms with van der Waals surface area (Å²) in [7, 11) is 0. The molecule has 1 aliphatic heterocycles. The molecule has 0 radical (unpaired) electrons. The van der Waals surface area contributed by atoms with Gasteiger partial charge in [-0.1, -0.05) is 48.0 Å². The first-order valence-electron chi connectivity index (χ1n) is 14.3. The van der Waals surface area contributed by atoms with E-state index in [1.54, 1.807) is 0 Å². The van der Waals surface area contributed by atoms with Crippen LogP contribution in [0.1, 0.15) is 86.5 Å². The summed E-state index contributed by atoms with van der Waals surface area (Å²) in [5.74, 6) is 1.01. The molecule has 4 fully saturated rings. The number of aliphatic hydroxyl groups is 4. The van der Waals surface area contributed by atoms with E-state index in [1.807, 2.05) is 0 Å². The highest BCUT2D eigenvalue weighted by atomic mass is 16.5. The molecule has 13 atom stereocenters. The molecule has 202 valence electrons. The largest absolute Gasteiger partial charge is 0.465 e. The summed E-state index contributed by atoms with van der Waals surface area (Å²) in [6.45, 7) is 13.4. The SMILES string of the molecule is CC[C@@H](C(C)C)[C@@H](O)[C@H](O)[C@@H](C)[C@H]1CC[C@H]2[C@@H]3COC(=O)[C@H]4C[C@@H](O)[C@@H](O)C[C@]4(C)[C@H]3CC[C@]12C. The first kappa shape index (κ1) is 27.3. The Morgan fingerprint density at radius 1 is 0.971 bits per heavy atom. The highest BCUT2D eigenvalue weighted by Crippen LogP contribution is 2.66. The molecule has 0 aromatic heterocycles. The first-order chi connectivity index (χ1) is 16.4. The molecule has 3 saturated carbocycles. The smallest absolute Gasteiger partial charge is 0.309 e. The molecule has 0 bridgehead atoms. The lowest BCUT2D eigenvalue weighted by Gasteiger charge is -2.56. The summed E-state index contributed by atoms with van der Waals surface area (Å²) in [5, 5.41) is 43.2. The van der Waals surface area contributed by atoms with Crippen molar-refractivity contribution in [2.75, 3.05) is 6.61 Å². The number of ether oxygens (including phenoxy) is 1. The van der Waals surface area contributed by atoms with Crippen molar-refractivity contribution in [1.82, 2.24) is 0 Å². The van der Waals surface area contributed by atoms with Crippen LogP contribution in [0.4, 0.5) is 0 Å². The van der Waals surface area contributed by atoms with Crippen LogP contribution in [0.2, 0.25) is 0 Å². The summed E-state index contributed by atoms with van der Waals surface area (Å²) >= 11 is 0. The predicted octanol–water partition coefficient (Wildman–Crippen LogP) is 3.78. The Morgan fingerprint density at radius 2 is 1.63 bits per heavy atom. The fourth-order valence-corrected chi connectivity index (χ4v) is 9.60. The number of esters is 1. The van der Waals surface area contributed by atoms with Crippen LogP contribution in [0.15, 0.2) is 0 Å². The fraction of sp³-hybridized carbons (Fsp3) is 0.966. The summed E-state index contributed by atoms with van der Waals surface area (Å²) < 4.78 is 5.88. The zero-order valence-electron chi connectivity index (χ0n) is 22.7. The highest BCUT2D eigenvalue weighted by molar-refractivity contribution is 5.74. The minimum absolute atomic E-state index is 0.00679. The molecule has 0 aromatic carbocycles. The van der Waals surface area contributed by atoms with Crippen molar-refractivity contribution < 1.29 is 30.0 Å². The number of rotatable bonds is 6. The number of carbonyl (C=O) groups excluding carboxylic acids is 1. The lowest BCUT2D eigenvalue weighted by molar-refractivity contribution is -0.162. The maximum Gasteiger partial charge on any atom is 0.309 e. The Morgan fingerprint density at radius 3 is 2.26 bits per heavy atom. The molecule has 4 rings (SSSR count).